The smallest absolute Gasteiger partial charge is 0.148 e. The fourth-order valence-electron chi connectivity index (χ4n) is 1.29. The van der Waals surface area contributed by atoms with Crippen LogP contribution >= 0.6 is 0 Å². The molecular weight excluding hydrogens is 174 g/mol. The summed E-state index contributed by atoms with van der Waals surface area (Å²) in [6, 6.07) is 3.83. The molecule has 1 rings (SSSR count). The first-order valence-corrected chi connectivity index (χ1v) is 5.30. The van der Waals surface area contributed by atoms with Crippen molar-refractivity contribution in [3.63, 3.8) is 0 Å². The zero-order valence-electron chi connectivity index (χ0n) is 9.03. The zero-order valence-corrected chi connectivity index (χ0v) is 9.03. The predicted octanol–water partition coefficient (Wildman–Crippen LogP) is 2.71. The Labute approximate surface area is 85.9 Å². The second-order valence-corrected chi connectivity index (χ2v) is 3.93. The van der Waals surface area contributed by atoms with Gasteiger partial charge in [-0.1, -0.05) is 26.7 Å². The van der Waals surface area contributed by atoms with Crippen LogP contribution in [0.15, 0.2) is 18.3 Å². The van der Waals surface area contributed by atoms with E-state index in [2.05, 4.69) is 29.4 Å². The van der Waals surface area contributed by atoms with Crippen LogP contribution in [-0.4, -0.2) is 16.7 Å². The molecule has 0 aliphatic carbocycles. The highest BCUT2D eigenvalue weighted by atomic mass is 15.2. The van der Waals surface area contributed by atoms with E-state index in [1.54, 1.807) is 6.20 Å². The summed E-state index contributed by atoms with van der Waals surface area (Å²) < 4.78 is 0. The van der Waals surface area contributed by atoms with Crippen LogP contribution in [0.2, 0.25) is 0 Å². The first-order valence-electron chi connectivity index (χ1n) is 5.30. The molecule has 0 radical (unpaired) electrons. The standard InChI is InChI=1S/C11H19N3/c1-10(2)6-3-4-8-12-11-7-5-9-13-14-11/h5,7,9-10H,3-4,6,8H2,1-2H3,(H,12,14). The van der Waals surface area contributed by atoms with Crippen molar-refractivity contribution in [3.8, 4) is 0 Å². The molecule has 3 nitrogen and oxygen atoms in total. The quantitative estimate of drug-likeness (QED) is 0.706. The Bertz CT molecular complexity index is 234. The van der Waals surface area contributed by atoms with Crippen molar-refractivity contribution in [1.29, 1.82) is 0 Å². The largest absolute Gasteiger partial charge is 0.369 e. The molecule has 1 aromatic rings. The number of unbranched alkanes of at least 4 members (excludes halogenated alkanes) is 1. The Morgan fingerprint density at radius 2 is 2.21 bits per heavy atom. The second kappa shape index (κ2) is 6.35. The molecule has 0 saturated heterocycles. The molecule has 0 amide bonds. The summed E-state index contributed by atoms with van der Waals surface area (Å²) in [5.74, 6) is 1.68. The fraction of sp³-hybridized carbons (Fsp3) is 0.636. The third kappa shape index (κ3) is 4.80. The van der Waals surface area contributed by atoms with Gasteiger partial charge >= 0.3 is 0 Å². The van der Waals surface area contributed by atoms with Crippen molar-refractivity contribution < 1.29 is 0 Å². The van der Waals surface area contributed by atoms with E-state index in [1.165, 1.54) is 19.3 Å². The monoisotopic (exact) mass is 193 g/mol. The number of rotatable bonds is 6. The lowest BCUT2D eigenvalue weighted by Crippen LogP contribution is -2.04. The minimum atomic E-state index is 0.812. The van der Waals surface area contributed by atoms with E-state index in [1.807, 2.05) is 12.1 Å². The number of nitrogens with zero attached hydrogens (tertiary/aromatic N) is 2. The van der Waals surface area contributed by atoms with E-state index in [0.717, 1.165) is 18.3 Å². The number of hydrogen-bond donors (Lipinski definition) is 1. The van der Waals surface area contributed by atoms with Gasteiger partial charge in [0.1, 0.15) is 5.82 Å². The van der Waals surface area contributed by atoms with Crippen LogP contribution in [0.4, 0.5) is 5.82 Å². The van der Waals surface area contributed by atoms with Gasteiger partial charge in [-0.3, -0.25) is 0 Å². The average Bonchev–Trinajstić information content (AvgIpc) is 2.18. The number of anilines is 1. The highest BCUT2D eigenvalue weighted by Gasteiger charge is 1.94. The fourth-order valence-corrected chi connectivity index (χ4v) is 1.29. The van der Waals surface area contributed by atoms with Gasteiger partial charge in [-0.05, 0) is 24.5 Å². The van der Waals surface area contributed by atoms with Gasteiger partial charge in [0.05, 0.1) is 0 Å². The number of aromatic nitrogens is 2. The Kier molecular flexibility index (Phi) is 4.97. The molecule has 0 saturated carbocycles. The molecule has 0 unspecified atom stereocenters. The van der Waals surface area contributed by atoms with Crippen molar-refractivity contribution in [3.05, 3.63) is 18.3 Å². The van der Waals surface area contributed by atoms with Crippen LogP contribution in [0.1, 0.15) is 33.1 Å². The van der Waals surface area contributed by atoms with Crippen LogP contribution < -0.4 is 5.32 Å². The number of hydrogen-bond acceptors (Lipinski definition) is 3. The lowest BCUT2D eigenvalue weighted by molar-refractivity contribution is 0.544. The Morgan fingerprint density at radius 3 is 2.86 bits per heavy atom. The minimum absolute atomic E-state index is 0.812. The van der Waals surface area contributed by atoms with E-state index in [9.17, 15) is 0 Å². The van der Waals surface area contributed by atoms with Crippen molar-refractivity contribution >= 4 is 5.82 Å². The molecule has 1 aromatic heterocycles. The average molecular weight is 193 g/mol. The highest BCUT2D eigenvalue weighted by Crippen LogP contribution is 2.06. The lowest BCUT2D eigenvalue weighted by Gasteiger charge is -2.05. The van der Waals surface area contributed by atoms with Crippen LogP contribution in [-0.2, 0) is 0 Å². The van der Waals surface area contributed by atoms with Crippen LogP contribution in [0.5, 0.6) is 0 Å². The Hall–Kier alpha value is -1.12. The maximum atomic E-state index is 3.95. The van der Waals surface area contributed by atoms with Crippen molar-refractivity contribution in [2.24, 2.45) is 5.92 Å². The molecule has 14 heavy (non-hydrogen) atoms. The van der Waals surface area contributed by atoms with E-state index >= 15 is 0 Å². The second-order valence-electron chi connectivity index (χ2n) is 3.93. The molecule has 0 bridgehead atoms. The van der Waals surface area contributed by atoms with E-state index in [0.29, 0.717) is 0 Å². The lowest BCUT2D eigenvalue weighted by atomic mass is 10.1. The zero-order chi connectivity index (χ0) is 10.2. The molecule has 0 fully saturated rings. The van der Waals surface area contributed by atoms with Gasteiger partial charge in [0.2, 0.25) is 0 Å². The van der Waals surface area contributed by atoms with Crippen LogP contribution in [0.3, 0.4) is 0 Å². The molecule has 1 N–H and O–H groups in total. The first-order chi connectivity index (χ1) is 6.79. The van der Waals surface area contributed by atoms with Gasteiger partial charge in [0.15, 0.2) is 0 Å². The summed E-state index contributed by atoms with van der Waals surface area (Å²) >= 11 is 0. The topological polar surface area (TPSA) is 37.8 Å². The predicted molar refractivity (Wildman–Crippen MR) is 59.2 cm³/mol. The third-order valence-electron chi connectivity index (χ3n) is 2.09. The minimum Gasteiger partial charge on any atom is -0.369 e. The van der Waals surface area contributed by atoms with E-state index < -0.39 is 0 Å². The van der Waals surface area contributed by atoms with Gasteiger partial charge in [-0.25, -0.2) is 0 Å². The van der Waals surface area contributed by atoms with Crippen molar-refractivity contribution in [2.75, 3.05) is 11.9 Å². The molecule has 0 aromatic carbocycles. The highest BCUT2D eigenvalue weighted by molar-refractivity contribution is 5.30. The van der Waals surface area contributed by atoms with Gasteiger partial charge in [0, 0.05) is 12.7 Å². The van der Waals surface area contributed by atoms with Gasteiger partial charge in [-0.2, -0.15) is 5.10 Å². The molecular formula is C11H19N3. The summed E-state index contributed by atoms with van der Waals surface area (Å²) in [7, 11) is 0. The molecule has 3 heteroatoms. The van der Waals surface area contributed by atoms with Crippen LogP contribution in [0.25, 0.3) is 0 Å². The van der Waals surface area contributed by atoms with E-state index in [-0.39, 0.29) is 0 Å². The normalized spacial score (nSPS) is 10.5. The summed E-state index contributed by atoms with van der Waals surface area (Å²) in [5.41, 5.74) is 0. The third-order valence-corrected chi connectivity index (χ3v) is 2.09. The summed E-state index contributed by atoms with van der Waals surface area (Å²) in [5, 5.41) is 11.0. The summed E-state index contributed by atoms with van der Waals surface area (Å²) in [6.07, 6.45) is 5.48. The Balaban J connectivity index is 2.05. The van der Waals surface area contributed by atoms with Crippen molar-refractivity contribution in [1.82, 2.24) is 10.2 Å². The SMILES string of the molecule is CC(C)CCCCNc1cccnn1. The van der Waals surface area contributed by atoms with Crippen molar-refractivity contribution in [2.45, 2.75) is 33.1 Å². The van der Waals surface area contributed by atoms with Gasteiger partial charge in [-0.15, -0.1) is 5.10 Å². The van der Waals surface area contributed by atoms with Crippen LogP contribution in [0, 0.1) is 5.92 Å². The van der Waals surface area contributed by atoms with E-state index in [4.69, 9.17) is 0 Å². The molecule has 78 valence electrons. The Morgan fingerprint density at radius 1 is 1.36 bits per heavy atom. The molecule has 0 aliphatic heterocycles. The van der Waals surface area contributed by atoms with Gasteiger partial charge < -0.3 is 5.32 Å². The summed E-state index contributed by atoms with van der Waals surface area (Å²) in [4.78, 5) is 0. The molecule has 0 atom stereocenters. The molecule has 1 heterocycles. The molecule has 0 aliphatic rings. The summed E-state index contributed by atoms with van der Waals surface area (Å²) in [6.45, 7) is 5.51. The maximum Gasteiger partial charge on any atom is 0.148 e. The molecule has 0 spiro atoms. The number of nitrogens with one attached hydrogen (secondary N) is 1. The first kappa shape index (κ1) is 11.0. The van der Waals surface area contributed by atoms with Gasteiger partial charge in [0.25, 0.3) is 0 Å². The maximum absolute atomic E-state index is 3.95.